The zero-order chi connectivity index (χ0) is 21.8. The minimum Gasteiger partial charge on any atom is -0.284 e. The Morgan fingerprint density at radius 2 is 1.61 bits per heavy atom. The third-order valence-corrected chi connectivity index (χ3v) is 7.75. The lowest BCUT2D eigenvalue weighted by molar-refractivity contribution is -0.118. The normalized spacial score (nSPS) is 11.5. The van der Waals surface area contributed by atoms with E-state index >= 15 is 0 Å². The molecule has 4 aromatic rings. The Labute approximate surface area is 185 Å². The molecule has 7 heteroatoms. The lowest BCUT2D eigenvalue weighted by Gasteiger charge is -2.20. The summed E-state index contributed by atoms with van der Waals surface area (Å²) in [5, 5.41) is 0.572. The van der Waals surface area contributed by atoms with Crippen LogP contribution in [-0.4, -0.2) is 25.1 Å². The highest BCUT2D eigenvalue weighted by atomic mass is 32.2. The molecular formula is C24H22N2O3S2. The van der Waals surface area contributed by atoms with Gasteiger partial charge in [-0.05, 0) is 36.8 Å². The minimum absolute atomic E-state index is 0.112. The van der Waals surface area contributed by atoms with Gasteiger partial charge in [0.25, 0.3) is 0 Å². The number of aryl methyl sites for hydroxylation is 1. The van der Waals surface area contributed by atoms with Gasteiger partial charge < -0.3 is 0 Å². The van der Waals surface area contributed by atoms with Gasteiger partial charge in [0.05, 0.1) is 27.4 Å². The van der Waals surface area contributed by atoms with Gasteiger partial charge in [0.15, 0.2) is 15.0 Å². The number of anilines is 1. The number of carbonyl (C=O) groups excluding carboxylic acids is 1. The van der Waals surface area contributed by atoms with Crippen LogP contribution >= 0.6 is 11.3 Å². The van der Waals surface area contributed by atoms with Gasteiger partial charge in [0, 0.05) is 6.42 Å². The molecule has 0 radical (unpaired) electrons. The van der Waals surface area contributed by atoms with E-state index in [2.05, 4.69) is 4.98 Å². The number of hydrogen-bond acceptors (Lipinski definition) is 5. The molecule has 0 aliphatic heterocycles. The molecule has 0 bridgehead atoms. The van der Waals surface area contributed by atoms with Crippen molar-refractivity contribution < 1.29 is 13.2 Å². The summed E-state index contributed by atoms with van der Waals surface area (Å²) in [5.74, 6) is -0.510. The van der Waals surface area contributed by atoms with Crippen molar-refractivity contribution in [2.24, 2.45) is 0 Å². The highest BCUT2D eigenvalue weighted by Gasteiger charge is 2.23. The maximum absolute atomic E-state index is 13.2. The van der Waals surface area contributed by atoms with E-state index in [0.717, 1.165) is 21.3 Å². The van der Waals surface area contributed by atoms with Gasteiger partial charge in [-0.25, -0.2) is 13.4 Å². The quantitative estimate of drug-likeness (QED) is 0.397. The molecule has 0 unspecified atom stereocenters. The summed E-state index contributed by atoms with van der Waals surface area (Å²) < 4.78 is 26.4. The van der Waals surface area contributed by atoms with Crippen molar-refractivity contribution >= 4 is 42.4 Å². The molecule has 4 rings (SSSR count). The largest absolute Gasteiger partial charge is 0.284 e. The Hall–Kier alpha value is -3.03. The van der Waals surface area contributed by atoms with Gasteiger partial charge in [-0.2, -0.15) is 0 Å². The Morgan fingerprint density at radius 3 is 2.32 bits per heavy atom. The molecular weight excluding hydrogens is 428 g/mol. The Bertz CT molecular complexity index is 1260. The van der Waals surface area contributed by atoms with Crippen LogP contribution in [0.1, 0.15) is 17.5 Å². The monoisotopic (exact) mass is 450 g/mol. The lowest BCUT2D eigenvalue weighted by atomic mass is 10.2. The second kappa shape index (κ2) is 8.99. The SMILES string of the molecule is Cc1ccc(S(=O)(=O)CCC(=O)N(Cc2ccccc2)c2nc3ccccc3s2)cc1. The molecule has 1 amide bonds. The van der Waals surface area contributed by atoms with Crippen LogP contribution in [0.2, 0.25) is 0 Å². The summed E-state index contributed by atoms with van der Waals surface area (Å²) in [4.78, 5) is 19.6. The summed E-state index contributed by atoms with van der Waals surface area (Å²) in [6.07, 6.45) is -0.112. The molecule has 0 aliphatic carbocycles. The van der Waals surface area contributed by atoms with Gasteiger partial charge in [-0.3, -0.25) is 9.69 Å². The number of para-hydroxylation sites is 1. The van der Waals surface area contributed by atoms with Crippen molar-refractivity contribution in [2.45, 2.75) is 24.8 Å². The van der Waals surface area contributed by atoms with E-state index < -0.39 is 9.84 Å². The van der Waals surface area contributed by atoms with E-state index in [4.69, 9.17) is 0 Å². The predicted octanol–water partition coefficient (Wildman–Crippen LogP) is 5.00. The van der Waals surface area contributed by atoms with Crippen LogP contribution in [0.4, 0.5) is 5.13 Å². The summed E-state index contributed by atoms with van der Waals surface area (Å²) in [5.41, 5.74) is 2.76. The molecule has 158 valence electrons. The lowest BCUT2D eigenvalue weighted by Crippen LogP contribution is -2.31. The molecule has 0 saturated carbocycles. The molecule has 0 atom stereocenters. The number of carbonyl (C=O) groups is 1. The first-order valence-electron chi connectivity index (χ1n) is 9.92. The number of aromatic nitrogens is 1. The molecule has 0 N–H and O–H groups in total. The number of nitrogens with zero attached hydrogens (tertiary/aromatic N) is 2. The molecule has 1 aromatic heterocycles. The van der Waals surface area contributed by atoms with Crippen molar-refractivity contribution in [3.8, 4) is 0 Å². The number of fused-ring (bicyclic) bond motifs is 1. The standard InChI is InChI=1S/C24H22N2O3S2/c1-18-11-13-20(14-12-18)31(28,29)16-15-23(27)26(17-19-7-3-2-4-8-19)24-25-21-9-5-6-10-22(21)30-24/h2-14H,15-17H2,1H3. The fraction of sp³-hybridized carbons (Fsp3) is 0.167. The maximum atomic E-state index is 13.2. The van der Waals surface area contributed by atoms with Gasteiger partial charge in [-0.15, -0.1) is 0 Å². The van der Waals surface area contributed by atoms with E-state index in [1.54, 1.807) is 29.2 Å². The molecule has 0 spiro atoms. The number of amides is 1. The number of benzene rings is 3. The molecule has 0 saturated heterocycles. The zero-order valence-electron chi connectivity index (χ0n) is 17.1. The molecule has 0 aliphatic rings. The van der Waals surface area contributed by atoms with Crippen molar-refractivity contribution in [3.63, 3.8) is 0 Å². The highest BCUT2D eigenvalue weighted by molar-refractivity contribution is 7.91. The van der Waals surface area contributed by atoms with E-state index in [-0.39, 0.29) is 23.0 Å². The summed E-state index contributed by atoms with van der Waals surface area (Å²) >= 11 is 1.43. The molecule has 0 fully saturated rings. The number of hydrogen-bond donors (Lipinski definition) is 0. The van der Waals surface area contributed by atoms with Gasteiger partial charge in [0.1, 0.15) is 0 Å². The predicted molar refractivity (Wildman–Crippen MR) is 125 cm³/mol. The van der Waals surface area contributed by atoms with Crippen LogP contribution in [0.5, 0.6) is 0 Å². The topological polar surface area (TPSA) is 67.3 Å². The minimum atomic E-state index is -3.55. The second-order valence-electron chi connectivity index (χ2n) is 7.31. The number of thiazole rings is 1. The van der Waals surface area contributed by atoms with Crippen LogP contribution < -0.4 is 4.90 Å². The zero-order valence-corrected chi connectivity index (χ0v) is 18.7. The highest BCUT2D eigenvalue weighted by Crippen LogP contribution is 2.30. The van der Waals surface area contributed by atoms with Crippen LogP contribution in [0.25, 0.3) is 10.2 Å². The van der Waals surface area contributed by atoms with E-state index in [0.29, 0.717) is 11.7 Å². The summed E-state index contributed by atoms with van der Waals surface area (Å²) in [6.45, 7) is 2.24. The van der Waals surface area contributed by atoms with Crippen LogP contribution in [-0.2, 0) is 21.2 Å². The summed E-state index contributed by atoms with van der Waals surface area (Å²) in [7, 11) is -3.55. The Balaban J connectivity index is 1.58. The van der Waals surface area contributed by atoms with E-state index in [9.17, 15) is 13.2 Å². The third-order valence-electron chi connectivity index (χ3n) is 4.96. The fourth-order valence-electron chi connectivity index (χ4n) is 3.22. The first-order valence-corrected chi connectivity index (χ1v) is 12.4. The average Bonchev–Trinajstić information content (AvgIpc) is 3.21. The molecule has 31 heavy (non-hydrogen) atoms. The maximum Gasteiger partial charge on any atom is 0.230 e. The van der Waals surface area contributed by atoms with Gasteiger partial charge in [0.2, 0.25) is 5.91 Å². The number of sulfone groups is 1. The van der Waals surface area contributed by atoms with Crippen LogP contribution in [0, 0.1) is 6.92 Å². The molecule has 3 aromatic carbocycles. The van der Waals surface area contributed by atoms with Crippen molar-refractivity contribution in [3.05, 3.63) is 90.0 Å². The van der Waals surface area contributed by atoms with E-state index in [1.165, 1.54) is 11.3 Å². The van der Waals surface area contributed by atoms with Crippen LogP contribution in [0.3, 0.4) is 0 Å². The smallest absolute Gasteiger partial charge is 0.230 e. The first-order chi connectivity index (χ1) is 14.9. The van der Waals surface area contributed by atoms with Gasteiger partial charge >= 0.3 is 0 Å². The first kappa shape index (κ1) is 21.2. The van der Waals surface area contributed by atoms with Gasteiger partial charge in [-0.1, -0.05) is 71.5 Å². The molecule has 1 heterocycles. The third kappa shape index (κ3) is 5.00. The number of rotatable bonds is 7. The van der Waals surface area contributed by atoms with Crippen molar-refractivity contribution in [1.82, 2.24) is 4.98 Å². The Kier molecular flexibility index (Phi) is 6.15. The van der Waals surface area contributed by atoms with E-state index in [1.807, 2.05) is 61.5 Å². The molecule has 5 nitrogen and oxygen atoms in total. The van der Waals surface area contributed by atoms with Crippen LogP contribution in [0.15, 0.2) is 83.8 Å². The Morgan fingerprint density at radius 1 is 0.935 bits per heavy atom. The van der Waals surface area contributed by atoms with Crippen molar-refractivity contribution in [1.29, 1.82) is 0 Å². The average molecular weight is 451 g/mol. The van der Waals surface area contributed by atoms with Crippen molar-refractivity contribution in [2.75, 3.05) is 10.7 Å². The second-order valence-corrected chi connectivity index (χ2v) is 10.4. The summed E-state index contributed by atoms with van der Waals surface area (Å²) in [6, 6.07) is 24.0. The fourth-order valence-corrected chi connectivity index (χ4v) is 5.44.